The summed E-state index contributed by atoms with van der Waals surface area (Å²) >= 11 is 0. The number of primary amides is 1. The van der Waals surface area contributed by atoms with Gasteiger partial charge in [-0.15, -0.1) is 5.10 Å². The molecule has 1 saturated heterocycles. The minimum atomic E-state index is -0.785. The van der Waals surface area contributed by atoms with Gasteiger partial charge in [0.1, 0.15) is 0 Å². The van der Waals surface area contributed by atoms with E-state index in [1.54, 1.807) is 4.52 Å². The summed E-state index contributed by atoms with van der Waals surface area (Å²) in [5.41, 5.74) is 8.74. The van der Waals surface area contributed by atoms with E-state index in [9.17, 15) is 19.5 Å². The summed E-state index contributed by atoms with van der Waals surface area (Å²) in [6, 6.07) is 12.2. The number of aromatic nitrogens is 3. The first-order chi connectivity index (χ1) is 17.7. The summed E-state index contributed by atoms with van der Waals surface area (Å²) in [5.74, 6) is -2.03. The average molecular weight is 505 g/mol. The molecular weight excluding hydrogens is 472 g/mol. The number of hydrogen-bond acceptors (Lipinski definition) is 6. The Balaban J connectivity index is 1.38. The van der Waals surface area contributed by atoms with Gasteiger partial charge in [0.05, 0.1) is 24.2 Å². The molecular formula is C27H32N6O4. The van der Waals surface area contributed by atoms with Crippen molar-refractivity contribution in [3.63, 3.8) is 0 Å². The van der Waals surface area contributed by atoms with Gasteiger partial charge in [-0.1, -0.05) is 37.3 Å². The Morgan fingerprint density at radius 2 is 1.89 bits per heavy atom. The molecule has 37 heavy (non-hydrogen) atoms. The van der Waals surface area contributed by atoms with Gasteiger partial charge in [0.2, 0.25) is 11.7 Å². The quantitative estimate of drug-likeness (QED) is 0.448. The fraction of sp³-hybridized carbons (Fsp3) is 0.444. The van der Waals surface area contributed by atoms with Crippen LogP contribution in [0.1, 0.15) is 60.8 Å². The summed E-state index contributed by atoms with van der Waals surface area (Å²) in [6.07, 6.45) is 5.07. The van der Waals surface area contributed by atoms with Crippen LogP contribution >= 0.6 is 0 Å². The topological polar surface area (TPSA) is 143 Å². The number of fused-ring (bicyclic) bond motifs is 1. The van der Waals surface area contributed by atoms with Crippen molar-refractivity contribution in [1.29, 1.82) is 0 Å². The summed E-state index contributed by atoms with van der Waals surface area (Å²) in [5, 5.41) is 16.6. The fourth-order valence-electron chi connectivity index (χ4n) is 5.62. The van der Waals surface area contributed by atoms with Gasteiger partial charge in [-0.3, -0.25) is 14.4 Å². The van der Waals surface area contributed by atoms with E-state index in [0.717, 1.165) is 25.2 Å². The van der Waals surface area contributed by atoms with Crippen LogP contribution in [0.2, 0.25) is 0 Å². The van der Waals surface area contributed by atoms with Crippen LogP contribution in [0.5, 0.6) is 0 Å². The van der Waals surface area contributed by atoms with Gasteiger partial charge in [-0.2, -0.15) is 0 Å². The lowest BCUT2D eigenvalue weighted by Gasteiger charge is -2.26. The lowest BCUT2D eigenvalue weighted by atomic mass is 9.82. The first kappa shape index (κ1) is 24.7. The minimum absolute atomic E-state index is 0.00682. The molecule has 4 N–H and O–H groups in total. The molecule has 1 saturated carbocycles. The number of nitrogens with one attached hydrogen (secondary N) is 1. The molecule has 0 radical (unpaired) electrons. The van der Waals surface area contributed by atoms with Gasteiger partial charge in [-0.25, -0.2) is 9.50 Å². The summed E-state index contributed by atoms with van der Waals surface area (Å²) in [6.45, 7) is 3.90. The molecule has 0 unspecified atom stereocenters. The number of nitrogens with two attached hydrogens (primary N) is 1. The molecule has 2 aliphatic rings. The predicted molar refractivity (Wildman–Crippen MR) is 137 cm³/mol. The smallest absolute Gasteiger partial charge is 0.306 e. The van der Waals surface area contributed by atoms with Crippen molar-refractivity contribution < 1.29 is 19.5 Å². The molecule has 2 fully saturated rings. The number of carboxylic acid groups (broad SMARTS) is 1. The molecule has 3 aromatic rings. The van der Waals surface area contributed by atoms with Crippen molar-refractivity contribution in [2.75, 3.05) is 18.0 Å². The van der Waals surface area contributed by atoms with Crippen molar-refractivity contribution in [2.45, 2.75) is 56.9 Å². The molecule has 0 spiro atoms. The van der Waals surface area contributed by atoms with Crippen molar-refractivity contribution in [3.05, 3.63) is 59.5 Å². The van der Waals surface area contributed by atoms with E-state index in [-0.39, 0.29) is 29.6 Å². The zero-order valence-electron chi connectivity index (χ0n) is 20.9. The Labute approximate surface area is 214 Å². The van der Waals surface area contributed by atoms with Crippen LogP contribution in [0.15, 0.2) is 42.6 Å². The number of aliphatic carboxylic acids is 1. The van der Waals surface area contributed by atoms with E-state index in [1.807, 2.05) is 18.3 Å². The van der Waals surface area contributed by atoms with Gasteiger partial charge < -0.3 is 21.1 Å². The molecule has 1 aliphatic heterocycles. The Bertz CT molecular complexity index is 1330. The molecule has 10 nitrogen and oxygen atoms in total. The van der Waals surface area contributed by atoms with E-state index in [1.165, 1.54) is 5.56 Å². The van der Waals surface area contributed by atoms with Crippen LogP contribution in [0.3, 0.4) is 0 Å². The molecule has 2 amide bonds. The zero-order valence-corrected chi connectivity index (χ0v) is 20.9. The number of carbonyl (C=O) groups is 3. The van der Waals surface area contributed by atoms with E-state index in [4.69, 9.17) is 5.73 Å². The number of pyridine rings is 1. The van der Waals surface area contributed by atoms with Gasteiger partial charge in [0.25, 0.3) is 5.91 Å². The maximum atomic E-state index is 12.9. The number of benzene rings is 1. The second-order valence-corrected chi connectivity index (χ2v) is 10.5. The second kappa shape index (κ2) is 9.84. The number of carbonyl (C=O) groups excluding carboxylic acids is 2. The molecule has 3 heterocycles. The molecule has 2 aromatic heterocycles. The van der Waals surface area contributed by atoms with E-state index in [0.29, 0.717) is 36.9 Å². The number of carboxylic acids is 1. The van der Waals surface area contributed by atoms with Gasteiger partial charge in [0, 0.05) is 30.1 Å². The van der Waals surface area contributed by atoms with E-state index in [2.05, 4.69) is 51.5 Å². The van der Waals surface area contributed by atoms with Gasteiger partial charge >= 0.3 is 5.97 Å². The fourth-order valence-corrected chi connectivity index (χ4v) is 5.62. The van der Waals surface area contributed by atoms with Crippen LogP contribution in [0.25, 0.3) is 5.65 Å². The summed E-state index contributed by atoms with van der Waals surface area (Å²) in [4.78, 5) is 42.7. The number of anilines is 1. The third-order valence-corrected chi connectivity index (χ3v) is 7.78. The molecule has 1 aromatic carbocycles. The molecule has 10 heteroatoms. The highest BCUT2D eigenvalue weighted by atomic mass is 16.4. The summed E-state index contributed by atoms with van der Waals surface area (Å²) in [7, 11) is 0. The Hall–Kier alpha value is -3.95. The third kappa shape index (κ3) is 5.14. The number of amides is 2. The van der Waals surface area contributed by atoms with Crippen molar-refractivity contribution >= 4 is 29.1 Å². The second-order valence-electron chi connectivity index (χ2n) is 10.5. The van der Waals surface area contributed by atoms with Crippen molar-refractivity contribution in [3.8, 4) is 0 Å². The Morgan fingerprint density at radius 1 is 1.16 bits per heavy atom. The first-order valence-corrected chi connectivity index (χ1v) is 12.7. The lowest BCUT2D eigenvalue weighted by molar-refractivity contribution is -0.142. The predicted octanol–water partition coefficient (Wildman–Crippen LogP) is 2.30. The van der Waals surface area contributed by atoms with Crippen LogP contribution in [-0.2, 0) is 21.4 Å². The molecule has 1 aliphatic carbocycles. The Morgan fingerprint density at radius 3 is 2.57 bits per heavy atom. The zero-order chi connectivity index (χ0) is 26.2. The molecule has 5 rings (SSSR count). The SMILES string of the molecule is C[C@]1(c2ccccc2)CCN(c2cc(CC(N)=O)c3nc(C(=O)NC4CCC(C(=O)O)CC4)nn3c2)C1. The maximum Gasteiger partial charge on any atom is 0.306 e. The number of rotatable bonds is 7. The highest BCUT2D eigenvalue weighted by molar-refractivity contribution is 5.91. The molecule has 1 atom stereocenters. The summed E-state index contributed by atoms with van der Waals surface area (Å²) < 4.78 is 1.56. The van der Waals surface area contributed by atoms with Crippen LogP contribution in [0.4, 0.5) is 5.69 Å². The Kier molecular flexibility index (Phi) is 6.57. The average Bonchev–Trinajstić information content (AvgIpc) is 3.50. The highest BCUT2D eigenvalue weighted by Gasteiger charge is 2.36. The molecule has 194 valence electrons. The van der Waals surface area contributed by atoms with Crippen LogP contribution in [-0.4, -0.2) is 56.6 Å². The monoisotopic (exact) mass is 504 g/mol. The number of hydrogen-bond donors (Lipinski definition) is 3. The van der Waals surface area contributed by atoms with E-state index < -0.39 is 17.8 Å². The van der Waals surface area contributed by atoms with Crippen LogP contribution < -0.4 is 16.0 Å². The van der Waals surface area contributed by atoms with E-state index >= 15 is 0 Å². The highest BCUT2D eigenvalue weighted by Crippen LogP contribution is 2.37. The van der Waals surface area contributed by atoms with Gasteiger partial charge in [0.15, 0.2) is 5.65 Å². The standard InChI is InChI=1S/C27H32N6O4/c1-27(19-5-3-2-4-6-19)11-12-32(16-27)21-13-18(14-22(28)34)24-30-23(31-33(24)15-21)25(35)29-20-9-7-17(8-10-20)26(36)37/h2-6,13,15,17,20H,7-12,14,16H2,1H3,(H2,28,34)(H,29,35)(H,36,37)/t17?,20?,27-/m0/s1. The van der Waals surface area contributed by atoms with Crippen LogP contribution in [0, 0.1) is 5.92 Å². The normalized spacial score (nSPS) is 23.8. The lowest BCUT2D eigenvalue weighted by Crippen LogP contribution is -2.39. The molecule has 0 bridgehead atoms. The maximum absolute atomic E-state index is 12.9. The minimum Gasteiger partial charge on any atom is -0.481 e. The largest absolute Gasteiger partial charge is 0.481 e. The third-order valence-electron chi connectivity index (χ3n) is 7.78. The number of nitrogens with zero attached hydrogens (tertiary/aromatic N) is 4. The van der Waals surface area contributed by atoms with Crippen molar-refractivity contribution in [1.82, 2.24) is 19.9 Å². The first-order valence-electron chi connectivity index (χ1n) is 12.7. The van der Waals surface area contributed by atoms with Gasteiger partial charge in [-0.05, 0) is 43.7 Å². The van der Waals surface area contributed by atoms with Crippen molar-refractivity contribution in [2.24, 2.45) is 11.7 Å².